The molecule has 0 saturated heterocycles. The van der Waals surface area contributed by atoms with E-state index in [1.54, 1.807) is 43.4 Å². The Bertz CT molecular complexity index is 933. The highest BCUT2D eigenvalue weighted by Crippen LogP contribution is 2.30. The van der Waals surface area contributed by atoms with Crippen molar-refractivity contribution in [2.45, 2.75) is 13.2 Å². The van der Waals surface area contributed by atoms with Crippen molar-refractivity contribution in [3.05, 3.63) is 59.9 Å². The SMILES string of the molecule is COc1cc(CN(C)C(=O)c2ccc(-n3cnnn3)cc2)ccc1OC(F)F. The van der Waals surface area contributed by atoms with Crippen LogP contribution in [0.15, 0.2) is 48.8 Å². The number of aromatic nitrogens is 4. The van der Waals surface area contributed by atoms with Crippen LogP contribution in [0.25, 0.3) is 5.69 Å². The zero-order valence-corrected chi connectivity index (χ0v) is 15.1. The first kappa shape index (κ1) is 19.2. The fourth-order valence-electron chi connectivity index (χ4n) is 2.61. The molecule has 146 valence electrons. The first-order valence-corrected chi connectivity index (χ1v) is 8.18. The zero-order chi connectivity index (χ0) is 20.1. The standard InChI is InChI=1S/C18H17F2N5O3/c1-24(10-12-3-8-15(28-18(19)20)16(9-12)27-2)17(26)13-4-6-14(7-5-13)25-11-21-22-23-25/h3-9,11,18H,10H2,1-2H3. The van der Waals surface area contributed by atoms with Crippen molar-refractivity contribution in [1.82, 2.24) is 25.1 Å². The van der Waals surface area contributed by atoms with Crippen LogP contribution in [0.4, 0.5) is 8.78 Å². The topological polar surface area (TPSA) is 82.4 Å². The summed E-state index contributed by atoms with van der Waals surface area (Å²) >= 11 is 0. The van der Waals surface area contributed by atoms with Gasteiger partial charge in [-0.1, -0.05) is 6.07 Å². The molecule has 0 bridgehead atoms. The molecule has 0 aliphatic heterocycles. The minimum absolute atomic E-state index is 0.0616. The lowest BCUT2D eigenvalue weighted by molar-refractivity contribution is -0.0512. The van der Waals surface area contributed by atoms with Gasteiger partial charge in [-0.25, -0.2) is 4.68 Å². The van der Waals surface area contributed by atoms with Crippen LogP contribution in [0.2, 0.25) is 0 Å². The number of hydrogen-bond acceptors (Lipinski definition) is 6. The van der Waals surface area contributed by atoms with Gasteiger partial charge in [0, 0.05) is 19.2 Å². The van der Waals surface area contributed by atoms with Gasteiger partial charge in [0.25, 0.3) is 5.91 Å². The molecule has 3 aromatic rings. The van der Waals surface area contributed by atoms with E-state index in [9.17, 15) is 13.6 Å². The van der Waals surface area contributed by atoms with Crippen LogP contribution in [-0.2, 0) is 6.54 Å². The highest BCUT2D eigenvalue weighted by atomic mass is 19.3. The fourth-order valence-corrected chi connectivity index (χ4v) is 2.61. The van der Waals surface area contributed by atoms with E-state index in [2.05, 4.69) is 20.3 Å². The van der Waals surface area contributed by atoms with Crippen molar-refractivity contribution >= 4 is 5.91 Å². The van der Waals surface area contributed by atoms with Gasteiger partial charge in [-0.05, 0) is 52.4 Å². The number of tetrazole rings is 1. The second kappa shape index (κ2) is 8.42. The van der Waals surface area contributed by atoms with E-state index in [0.717, 1.165) is 5.69 Å². The maximum Gasteiger partial charge on any atom is 0.387 e. The van der Waals surface area contributed by atoms with E-state index >= 15 is 0 Å². The smallest absolute Gasteiger partial charge is 0.387 e. The zero-order valence-electron chi connectivity index (χ0n) is 15.1. The number of amides is 1. The summed E-state index contributed by atoms with van der Waals surface area (Å²) in [6, 6.07) is 11.4. The molecule has 1 amide bonds. The lowest BCUT2D eigenvalue weighted by Gasteiger charge is -2.19. The van der Waals surface area contributed by atoms with Crippen molar-refractivity contribution in [2.24, 2.45) is 0 Å². The highest BCUT2D eigenvalue weighted by Gasteiger charge is 2.15. The number of nitrogens with zero attached hydrogens (tertiary/aromatic N) is 5. The molecule has 0 spiro atoms. The molecule has 2 aromatic carbocycles. The summed E-state index contributed by atoms with van der Waals surface area (Å²) in [6.45, 7) is -2.68. The highest BCUT2D eigenvalue weighted by molar-refractivity contribution is 5.94. The van der Waals surface area contributed by atoms with Gasteiger partial charge in [0.05, 0.1) is 12.8 Å². The molecule has 1 heterocycles. The maximum absolute atomic E-state index is 12.6. The third kappa shape index (κ3) is 4.40. The summed E-state index contributed by atoms with van der Waals surface area (Å²) in [6.07, 6.45) is 1.46. The molecule has 28 heavy (non-hydrogen) atoms. The molecule has 0 aliphatic carbocycles. The number of carbonyl (C=O) groups excluding carboxylic acids is 1. The summed E-state index contributed by atoms with van der Waals surface area (Å²) in [7, 11) is 3.01. The van der Waals surface area contributed by atoms with Crippen LogP contribution in [0, 0.1) is 0 Å². The molecule has 0 N–H and O–H groups in total. The van der Waals surface area contributed by atoms with Crippen LogP contribution in [0.5, 0.6) is 11.5 Å². The third-order valence-electron chi connectivity index (χ3n) is 3.94. The van der Waals surface area contributed by atoms with E-state index in [1.165, 1.54) is 29.1 Å². The number of halogens is 2. The van der Waals surface area contributed by atoms with Gasteiger partial charge in [0.15, 0.2) is 11.5 Å². The molecular formula is C18H17F2N5O3. The van der Waals surface area contributed by atoms with E-state index in [4.69, 9.17) is 4.74 Å². The molecule has 10 heteroatoms. The Labute approximate surface area is 159 Å². The van der Waals surface area contributed by atoms with Gasteiger partial charge < -0.3 is 14.4 Å². The van der Waals surface area contributed by atoms with Gasteiger partial charge in [-0.2, -0.15) is 8.78 Å². The van der Waals surface area contributed by atoms with Gasteiger partial charge >= 0.3 is 6.61 Å². The van der Waals surface area contributed by atoms with Gasteiger partial charge in [-0.3, -0.25) is 4.79 Å². The van der Waals surface area contributed by atoms with Crippen LogP contribution in [0.3, 0.4) is 0 Å². The normalized spacial score (nSPS) is 10.8. The number of methoxy groups -OCH3 is 1. The van der Waals surface area contributed by atoms with Crippen molar-refractivity contribution in [2.75, 3.05) is 14.2 Å². The molecule has 0 aliphatic rings. The van der Waals surface area contributed by atoms with E-state index in [1.807, 2.05) is 0 Å². The number of ether oxygens (including phenoxy) is 2. The Kier molecular flexibility index (Phi) is 5.78. The second-order valence-corrected chi connectivity index (χ2v) is 5.83. The number of carbonyl (C=O) groups is 1. The van der Waals surface area contributed by atoms with Gasteiger partial charge in [0.2, 0.25) is 0 Å². The van der Waals surface area contributed by atoms with Crippen molar-refractivity contribution < 1.29 is 23.0 Å². The summed E-state index contributed by atoms with van der Waals surface area (Å²) in [5, 5.41) is 10.9. The molecule has 0 fully saturated rings. The minimum atomic E-state index is -2.94. The Morgan fingerprint density at radius 1 is 1.18 bits per heavy atom. The maximum atomic E-state index is 12.6. The average Bonchev–Trinajstić information content (AvgIpc) is 3.23. The molecule has 0 unspecified atom stereocenters. The number of alkyl halides is 2. The fraction of sp³-hybridized carbons (Fsp3) is 0.222. The largest absolute Gasteiger partial charge is 0.493 e. The van der Waals surface area contributed by atoms with Crippen molar-refractivity contribution in [1.29, 1.82) is 0 Å². The summed E-state index contributed by atoms with van der Waals surface area (Å²) in [5.41, 5.74) is 1.92. The summed E-state index contributed by atoms with van der Waals surface area (Å²) < 4.78 is 35.8. The Morgan fingerprint density at radius 2 is 1.93 bits per heavy atom. The summed E-state index contributed by atoms with van der Waals surface area (Å²) in [4.78, 5) is 14.1. The van der Waals surface area contributed by atoms with E-state index < -0.39 is 6.61 Å². The molecule has 0 atom stereocenters. The number of rotatable bonds is 7. The van der Waals surface area contributed by atoms with E-state index in [0.29, 0.717) is 11.1 Å². The lowest BCUT2D eigenvalue weighted by atomic mass is 10.1. The Morgan fingerprint density at radius 3 is 2.54 bits per heavy atom. The number of benzene rings is 2. The molecule has 1 aromatic heterocycles. The molecule has 3 rings (SSSR count). The Hall–Kier alpha value is -3.56. The van der Waals surface area contributed by atoms with Crippen LogP contribution in [-0.4, -0.2) is 51.8 Å². The van der Waals surface area contributed by atoms with Crippen LogP contribution < -0.4 is 9.47 Å². The molecule has 0 radical (unpaired) electrons. The second-order valence-electron chi connectivity index (χ2n) is 5.83. The monoisotopic (exact) mass is 389 g/mol. The van der Waals surface area contributed by atoms with Gasteiger partial charge in [0.1, 0.15) is 6.33 Å². The average molecular weight is 389 g/mol. The Balaban J connectivity index is 1.70. The van der Waals surface area contributed by atoms with Gasteiger partial charge in [-0.15, -0.1) is 5.10 Å². The van der Waals surface area contributed by atoms with Crippen molar-refractivity contribution in [3.8, 4) is 17.2 Å². The van der Waals surface area contributed by atoms with Crippen LogP contribution in [0.1, 0.15) is 15.9 Å². The molecule has 8 nitrogen and oxygen atoms in total. The van der Waals surface area contributed by atoms with Crippen LogP contribution >= 0.6 is 0 Å². The van der Waals surface area contributed by atoms with Crippen molar-refractivity contribution in [3.63, 3.8) is 0 Å². The predicted octanol–water partition coefficient (Wildman–Crippen LogP) is 2.54. The predicted molar refractivity (Wildman–Crippen MR) is 94.6 cm³/mol. The first-order valence-electron chi connectivity index (χ1n) is 8.18. The third-order valence-corrected chi connectivity index (χ3v) is 3.94. The number of hydrogen-bond donors (Lipinski definition) is 0. The lowest BCUT2D eigenvalue weighted by Crippen LogP contribution is -2.26. The summed E-state index contributed by atoms with van der Waals surface area (Å²) in [5.74, 6) is -0.0898. The van der Waals surface area contributed by atoms with E-state index in [-0.39, 0.29) is 24.0 Å². The first-order chi connectivity index (χ1) is 13.5. The minimum Gasteiger partial charge on any atom is -0.493 e. The molecular weight excluding hydrogens is 372 g/mol. The quantitative estimate of drug-likeness (QED) is 0.618. The molecule has 0 saturated carbocycles.